The molecule has 2 unspecified atom stereocenters. The topological polar surface area (TPSA) is 94.0 Å². The maximum atomic E-state index is 10.7. The number of hydrogen-bond donors (Lipinski definition) is 1. The third kappa shape index (κ3) is 1.59. The Morgan fingerprint density at radius 2 is 2.47 bits per heavy atom. The summed E-state index contributed by atoms with van der Waals surface area (Å²) in [7, 11) is 1.83. The van der Waals surface area contributed by atoms with E-state index < -0.39 is 5.97 Å². The summed E-state index contributed by atoms with van der Waals surface area (Å²) >= 11 is 0. The van der Waals surface area contributed by atoms with Crippen molar-refractivity contribution in [3.8, 4) is 11.6 Å². The highest BCUT2D eigenvalue weighted by Crippen LogP contribution is 2.47. The Bertz CT molecular complexity index is 574. The molecule has 17 heavy (non-hydrogen) atoms. The van der Waals surface area contributed by atoms with E-state index in [4.69, 9.17) is 9.63 Å². The largest absolute Gasteiger partial charge is 0.481 e. The molecular weight excluding hydrogens is 224 g/mol. The van der Waals surface area contributed by atoms with E-state index in [1.54, 1.807) is 17.0 Å². The van der Waals surface area contributed by atoms with Crippen LogP contribution in [-0.2, 0) is 11.8 Å². The molecule has 2 aromatic rings. The lowest BCUT2D eigenvalue weighted by Crippen LogP contribution is -1.99. The minimum Gasteiger partial charge on any atom is -0.481 e. The molecule has 0 saturated heterocycles. The van der Waals surface area contributed by atoms with Crippen molar-refractivity contribution < 1.29 is 14.4 Å². The van der Waals surface area contributed by atoms with Crippen LogP contribution in [0.25, 0.3) is 11.6 Å². The first kappa shape index (κ1) is 10.0. The Morgan fingerprint density at radius 1 is 1.65 bits per heavy atom. The van der Waals surface area contributed by atoms with E-state index in [0.29, 0.717) is 24.0 Å². The molecule has 1 aliphatic carbocycles. The number of imidazole rings is 1. The number of aryl methyl sites for hydroxylation is 1. The van der Waals surface area contributed by atoms with Crippen molar-refractivity contribution in [2.24, 2.45) is 13.0 Å². The van der Waals surface area contributed by atoms with Crippen molar-refractivity contribution in [2.75, 3.05) is 0 Å². The Balaban J connectivity index is 1.85. The van der Waals surface area contributed by atoms with E-state index in [1.807, 2.05) is 7.05 Å². The van der Waals surface area contributed by atoms with Crippen molar-refractivity contribution in [1.82, 2.24) is 19.7 Å². The molecule has 1 aliphatic rings. The number of carboxylic acid groups (broad SMARTS) is 1. The highest BCUT2D eigenvalue weighted by Gasteiger charge is 2.48. The van der Waals surface area contributed by atoms with E-state index in [1.165, 1.54) is 0 Å². The van der Waals surface area contributed by atoms with Crippen LogP contribution >= 0.6 is 0 Å². The van der Waals surface area contributed by atoms with Gasteiger partial charge in [0.15, 0.2) is 5.82 Å². The van der Waals surface area contributed by atoms with Crippen molar-refractivity contribution >= 4 is 5.97 Å². The van der Waals surface area contributed by atoms with Crippen LogP contribution in [0, 0.1) is 5.92 Å². The summed E-state index contributed by atoms with van der Waals surface area (Å²) < 4.78 is 6.84. The summed E-state index contributed by atoms with van der Waals surface area (Å²) in [6.45, 7) is 0. The molecule has 2 atom stereocenters. The van der Waals surface area contributed by atoms with Crippen molar-refractivity contribution in [3.05, 3.63) is 18.3 Å². The standard InChI is InChI=1S/C10H10N4O3/c1-14-3-2-11-8(14)7-12-9(17-13-7)5-4-6(5)10(15)16/h2-3,5-6H,4H2,1H3,(H,15,16). The summed E-state index contributed by atoms with van der Waals surface area (Å²) in [6.07, 6.45) is 3.99. The lowest BCUT2D eigenvalue weighted by atomic mass is 10.3. The zero-order valence-electron chi connectivity index (χ0n) is 9.07. The van der Waals surface area contributed by atoms with Crippen LogP contribution in [-0.4, -0.2) is 30.8 Å². The van der Waals surface area contributed by atoms with Crippen LogP contribution in [0.1, 0.15) is 18.2 Å². The fourth-order valence-corrected chi connectivity index (χ4v) is 1.80. The summed E-state index contributed by atoms with van der Waals surface area (Å²) in [5.74, 6) is 0.0388. The van der Waals surface area contributed by atoms with Gasteiger partial charge in [0, 0.05) is 19.4 Å². The lowest BCUT2D eigenvalue weighted by Gasteiger charge is -1.92. The molecule has 0 radical (unpaired) electrons. The molecule has 1 fully saturated rings. The number of nitrogens with zero attached hydrogens (tertiary/aromatic N) is 4. The molecule has 0 amide bonds. The van der Waals surface area contributed by atoms with Gasteiger partial charge in [-0.15, -0.1) is 0 Å². The maximum absolute atomic E-state index is 10.7. The molecule has 0 spiro atoms. The van der Waals surface area contributed by atoms with Gasteiger partial charge in [0.1, 0.15) is 0 Å². The maximum Gasteiger partial charge on any atom is 0.307 e. The number of aliphatic carboxylic acids is 1. The van der Waals surface area contributed by atoms with E-state index >= 15 is 0 Å². The average Bonchev–Trinajstić information content (AvgIpc) is 2.75. The molecule has 1 N–H and O–H groups in total. The second-order valence-corrected chi connectivity index (χ2v) is 4.10. The fourth-order valence-electron chi connectivity index (χ4n) is 1.80. The molecule has 88 valence electrons. The third-order valence-corrected chi connectivity index (χ3v) is 2.89. The summed E-state index contributed by atoms with van der Waals surface area (Å²) in [4.78, 5) is 19.0. The normalized spacial score (nSPS) is 22.6. The van der Waals surface area contributed by atoms with E-state index in [2.05, 4.69) is 15.1 Å². The second-order valence-electron chi connectivity index (χ2n) is 4.10. The van der Waals surface area contributed by atoms with Gasteiger partial charge in [0.05, 0.1) is 11.8 Å². The number of hydrogen-bond acceptors (Lipinski definition) is 5. The predicted molar refractivity (Wildman–Crippen MR) is 55.0 cm³/mol. The minimum atomic E-state index is -0.813. The number of aromatic nitrogens is 4. The van der Waals surface area contributed by atoms with Crippen LogP contribution in [0.4, 0.5) is 0 Å². The predicted octanol–water partition coefficient (Wildman–Crippen LogP) is 0.658. The number of rotatable bonds is 3. The third-order valence-electron chi connectivity index (χ3n) is 2.89. The first-order valence-electron chi connectivity index (χ1n) is 5.21. The SMILES string of the molecule is Cn1ccnc1-c1noc(C2CC2C(=O)O)n1. The van der Waals surface area contributed by atoms with Crippen molar-refractivity contribution in [2.45, 2.75) is 12.3 Å². The monoisotopic (exact) mass is 234 g/mol. The molecule has 7 nitrogen and oxygen atoms in total. The quantitative estimate of drug-likeness (QED) is 0.838. The van der Waals surface area contributed by atoms with Crippen LogP contribution in [0.15, 0.2) is 16.9 Å². The van der Waals surface area contributed by atoms with Gasteiger partial charge < -0.3 is 14.2 Å². The zero-order chi connectivity index (χ0) is 12.0. The Kier molecular flexibility index (Phi) is 2.01. The van der Waals surface area contributed by atoms with Gasteiger partial charge in [0.25, 0.3) is 0 Å². The van der Waals surface area contributed by atoms with Crippen LogP contribution < -0.4 is 0 Å². The molecule has 0 aliphatic heterocycles. The van der Waals surface area contributed by atoms with Crippen LogP contribution in [0.2, 0.25) is 0 Å². The van der Waals surface area contributed by atoms with Gasteiger partial charge >= 0.3 is 5.97 Å². The van der Waals surface area contributed by atoms with E-state index in [0.717, 1.165) is 0 Å². The van der Waals surface area contributed by atoms with Gasteiger partial charge in [0.2, 0.25) is 11.7 Å². The first-order chi connectivity index (χ1) is 8.16. The number of carboxylic acids is 1. The molecule has 0 bridgehead atoms. The molecule has 2 aromatic heterocycles. The Labute approximate surface area is 96.1 Å². The van der Waals surface area contributed by atoms with E-state index in [9.17, 15) is 4.79 Å². The highest BCUT2D eigenvalue weighted by molar-refractivity contribution is 5.74. The second kappa shape index (κ2) is 3.41. The molecule has 3 rings (SSSR count). The van der Waals surface area contributed by atoms with E-state index in [-0.39, 0.29) is 11.8 Å². The lowest BCUT2D eigenvalue weighted by molar-refractivity contribution is -0.138. The first-order valence-corrected chi connectivity index (χ1v) is 5.21. The fraction of sp³-hybridized carbons (Fsp3) is 0.400. The van der Waals surface area contributed by atoms with Crippen LogP contribution in [0.5, 0.6) is 0 Å². The Hall–Kier alpha value is -2.18. The average molecular weight is 234 g/mol. The van der Waals surface area contributed by atoms with Crippen molar-refractivity contribution in [3.63, 3.8) is 0 Å². The minimum absolute atomic E-state index is 0.144. The summed E-state index contributed by atoms with van der Waals surface area (Å²) in [5.41, 5.74) is 0. The molecule has 2 heterocycles. The Morgan fingerprint density at radius 3 is 3.06 bits per heavy atom. The molecule has 0 aromatic carbocycles. The smallest absolute Gasteiger partial charge is 0.307 e. The molecular formula is C10H10N4O3. The zero-order valence-corrected chi connectivity index (χ0v) is 9.07. The van der Waals surface area contributed by atoms with Gasteiger partial charge in [-0.05, 0) is 6.42 Å². The van der Waals surface area contributed by atoms with Gasteiger partial charge in [-0.2, -0.15) is 4.98 Å². The molecule has 7 heteroatoms. The van der Waals surface area contributed by atoms with Gasteiger partial charge in [-0.3, -0.25) is 4.79 Å². The van der Waals surface area contributed by atoms with Crippen molar-refractivity contribution in [1.29, 1.82) is 0 Å². The van der Waals surface area contributed by atoms with Crippen LogP contribution in [0.3, 0.4) is 0 Å². The summed E-state index contributed by atoms with van der Waals surface area (Å²) in [6, 6.07) is 0. The van der Waals surface area contributed by atoms with Gasteiger partial charge in [-0.25, -0.2) is 4.98 Å². The van der Waals surface area contributed by atoms with Gasteiger partial charge in [-0.1, -0.05) is 5.16 Å². The highest BCUT2D eigenvalue weighted by atomic mass is 16.5. The molecule has 1 saturated carbocycles. The summed E-state index contributed by atoms with van der Waals surface area (Å²) in [5, 5.41) is 12.6. The number of carbonyl (C=O) groups is 1.